The van der Waals surface area contributed by atoms with Gasteiger partial charge in [-0.25, -0.2) is 9.59 Å². The van der Waals surface area contributed by atoms with Crippen LogP contribution in [0, 0.1) is 0 Å². The summed E-state index contributed by atoms with van der Waals surface area (Å²) in [6, 6.07) is 8.29. The Bertz CT molecular complexity index is 482. The van der Waals surface area contributed by atoms with Gasteiger partial charge >= 0.3 is 12.1 Å². The van der Waals surface area contributed by atoms with Crippen LogP contribution in [-0.4, -0.2) is 42.4 Å². The van der Waals surface area contributed by atoms with Gasteiger partial charge in [-0.3, -0.25) is 0 Å². The minimum Gasteiger partial charge on any atom is -0.480 e. The van der Waals surface area contributed by atoms with Gasteiger partial charge in [-0.05, 0) is 32.9 Å². The highest BCUT2D eigenvalue weighted by atomic mass is 16.6. The van der Waals surface area contributed by atoms with E-state index in [1.54, 1.807) is 32.7 Å². The fourth-order valence-electron chi connectivity index (χ4n) is 1.70. The second-order valence-electron chi connectivity index (χ2n) is 5.75. The molecule has 0 saturated heterocycles. The molecule has 0 fully saturated rings. The molecule has 1 unspecified atom stereocenters. The monoisotopic (exact) mass is 294 g/mol. The number of ether oxygens (including phenoxy) is 1. The molecule has 0 heterocycles. The van der Waals surface area contributed by atoms with Gasteiger partial charge < -0.3 is 20.1 Å². The molecular formula is C15H22N2O4. The Labute approximate surface area is 124 Å². The summed E-state index contributed by atoms with van der Waals surface area (Å²) >= 11 is 0. The highest BCUT2D eigenvalue weighted by Gasteiger charge is 2.25. The van der Waals surface area contributed by atoms with Gasteiger partial charge in [0.2, 0.25) is 0 Å². The second kappa shape index (κ2) is 6.97. The fraction of sp³-hybridized carbons (Fsp3) is 0.467. The van der Waals surface area contributed by atoms with E-state index in [0.717, 1.165) is 5.69 Å². The normalized spacial score (nSPS) is 12.4. The van der Waals surface area contributed by atoms with E-state index < -0.39 is 23.7 Å². The number of likely N-dealkylation sites (N-methyl/N-ethyl adjacent to an activating group) is 1. The number of para-hydroxylation sites is 1. The molecule has 0 aliphatic heterocycles. The Morgan fingerprint density at radius 1 is 1.29 bits per heavy atom. The van der Waals surface area contributed by atoms with Crippen LogP contribution in [0.15, 0.2) is 30.3 Å². The van der Waals surface area contributed by atoms with Gasteiger partial charge in [0.05, 0.1) is 0 Å². The number of carbonyl (C=O) groups excluding carboxylic acids is 1. The van der Waals surface area contributed by atoms with Crippen LogP contribution in [-0.2, 0) is 9.53 Å². The lowest BCUT2D eigenvalue weighted by Gasteiger charge is -2.25. The van der Waals surface area contributed by atoms with E-state index in [4.69, 9.17) is 4.74 Å². The molecule has 1 amide bonds. The molecule has 21 heavy (non-hydrogen) atoms. The molecule has 0 radical (unpaired) electrons. The predicted molar refractivity (Wildman–Crippen MR) is 80.5 cm³/mol. The Kier molecular flexibility index (Phi) is 5.58. The van der Waals surface area contributed by atoms with Gasteiger partial charge in [-0.15, -0.1) is 0 Å². The SMILES string of the molecule is CN(CC(NC(=O)OC(C)(C)C)C(=O)O)c1ccccc1. The van der Waals surface area contributed by atoms with Crippen molar-refractivity contribution in [3.63, 3.8) is 0 Å². The average molecular weight is 294 g/mol. The van der Waals surface area contributed by atoms with Crippen molar-refractivity contribution >= 4 is 17.7 Å². The quantitative estimate of drug-likeness (QED) is 0.869. The number of nitrogens with one attached hydrogen (secondary N) is 1. The molecule has 0 aliphatic carbocycles. The first kappa shape index (κ1) is 16.8. The number of amides is 1. The van der Waals surface area contributed by atoms with E-state index in [-0.39, 0.29) is 6.54 Å². The minimum absolute atomic E-state index is 0.137. The topological polar surface area (TPSA) is 78.9 Å². The van der Waals surface area contributed by atoms with E-state index in [0.29, 0.717) is 0 Å². The summed E-state index contributed by atoms with van der Waals surface area (Å²) in [5.74, 6) is -1.11. The Morgan fingerprint density at radius 2 is 1.86 bits per heavy atom. The number of hydrogen-bond acceptors (Lipinski definition) is 4. The molecule has 1 aromatic carbocycles. The molecule has 1 aromatic rings. The third-order valence-electron chi connectivity index (χ3n) is 2.64. The van der Waals surface area contributed by atoms with Gasteiger partial charge in [-0.1, -0.05) is 18.2 Å². The second-order valence-corrected chi connectivity index (χ2v) is 5.75. The maximum absolute atomic E-state index is 11.7. The predicted octanol–water partition coefficient (Wildman–Crippen LogP) is 2.10. The Hall–Kier alpha value is -2.24. The van der Waals surface area contributed by atoms with Crippen molar-refractivity contribution in [3.05, 3.63) is 30.3 Å². The minimum atomic E-state index is -1.11. The van der Waals surface area contributed by atoms with Crippen molar-refractivity contribution < 1.29 is 19.4 Å². The van der Waals surface area contributed by atoms with Crippen LogP contribution in [0.2, 0.25) is 0 Å². The van der Waals surface area contributed by atoms with Gasteiger partial charge in [0, 0.05) is 19.3 Å². The van der Waals surface area contributed by atoms with E-state index in [2.05, 4.69) is 5.32 Å². The van der Waals surface area contributed by atoms with Gasteiger partial charge in [0.1, 0.15) is 11.6 Å². The van der Waals surface area contributed by atoms with Crippen LogP contribution in [0.3, 0.4) is 0 Å². The summed E-state index contributed by atoms with van der Waals surface area (Å²) in [4.78, 5) is 24.7. The zero-order valence-corrected chi connectivity index (χ0v) is 12.8. The molecule has 1 rings (SSSR count). The Morgan fingerprint density at radius 3 is 2.33 bits per heavy atom. The fourth-order valence-corrected chi connectivity index (χ4v) is 1.70. The van der Waals surface area contributed by atoms with Crippen molar-refractivity contribution in [2.45, 2.75) is 32.4 Å². The zero-order chi connectivity index (χ0) is 16.0. The van der Waals surface area contributed by atoms with E-state index in [1.807, 2.05) is 30.3 Å². The summed E-state index contributed by atoms with van der Waals surface area (Å²) in [5.41, 5.74) is 0.202. The number of carboxylic acids is 1. The van der Waals surface area contributed by atoms with Crippen molar-refractivity contribution in [1.82, 2.24) is 5.32 Å². The molecule has 0 saturated carbocycles. The first-order valence-electron chi connectivity index (χ1n) is 6.67. The first-order chi connectivity index (χ1) is 9.69. The van der Waals surface area contributed by atoms with Gasteiger partial charge in [-0.2, -0.15) is 0 Å². The van der Waals surface area contributed by atoms with Crippen molar-refractivity contribution in [2.75, 3.05) is 18.5 Å². The smallest absolute Gasteiger partial charge is 0.408 e. The number of carboxylic acid groups (broad SMARTS) is 1. The lowest BCUT2D eigenvalue weighted by molar-refractivity contribution is -0.139. The molecule has 0 aromatic heterocycles. The van der Waals surface area contributed by atoms with Crippen LogP contribution < -0.4 is 10.2 Å². The maximum atomic E-state index is 11.7. The van der Waals surface area contributed by atoms with E-state index in [1.165, 1.54) is 0 Å². The summed E-state index contributed by atoms with van der Waals surface area (Å²) in [6.45, 7) is 5.30. The highest BCUT2D eigenvalue weighted by molar-refractivity contribution is 5.80. The summed E-state index contributed by atoms with van der Waals surface area (Å²) < 4.78 is 5.07. The third-order valence-corrected chi connectivity index (χ3v) is 2.64. The Balaban J connectivity index is 2.66. The summed E-state index contributed by atoms with van der Waals surface area (Å²) in [7, 11) is 1.77. The number of carbonyl (C=O) groups is 2. The van der Waals surface area contributed by atoms with Crippen LogP contribution in [0.1, 0.15) is 20.8 Å². The van der Waals surface area contributed by atoms with Crippen LogP contribution >= 0.6 is 0 Å². The van der Waals surface area contributed by atoms with Crippen molar-refractivity contribution in [3.8, 4) is 0 Å². The van der Waals surface area contributed by atoms with Crippen LogP contribution in [0.25, 0.3) is 0 Å². The summed E-state index contributed by atoms with van der Waals surface area (Å²) in [6.07, 6.45) is -0.739. The third kappa shape index (κ3) is 6.16. The molecule has 0 aliphatic rings. The molecule has 1 atom stereocenters. The van der Waals surface area contributed by atoms with Gasteiger partial charge in [0.25, 0.3) is 0 Å². The maximum Gasteiger partial charge on any atom is 0.408 e. The molecule has 6 nitrogen and oxygen atoms in total. The van der Waals surface area contributed by atoms with E-state index >= 15 is 0 Å². The van der Waals surface area contributed by atoms with Crippen molar-refractivity contribution in [2.24, 2.45) is 0 Å². The lowest BCUT2D eigenvalue weighted by Crippen LogP contribution is -2.49. The average Bonchev–Trinajstić information content (AvgIpc) is 2.36. The number of benzene rings is 1. The van der Waals surface area contributed by atoms with Crippen LogP contribution in [0.5, 0.6) is 0 Å². The summed E-state index contributed by atoms with van der Waals surface area (Å²) in [5, 5.41) is 11.6. The number of aliphatic carboxylic acids is 1. The molecular weight excluding hydrogens is 272 g/mol. The number of rotatable bonds is 5. The highest BCUT2D eigenvalue weighted by Crippen LogP contribution is 2.12. The molecule has 2 N–H and O–H groups in total. The van der Waals surface area contributed by atoms with Crippen molar-refractivity contribution in [1.29, 1.82) is 0 Å². The first-order valence-corrected chi connectivity index (χ1v) is 6.67. The molecule has 6 heteroatoms. The lowest BCUT2D eigenvalue weighted by atomic mass is 10.2. The zero-order valence-electron chi connectivity index (χ0n) is 12.8. The number of alkyl carbamates (subject to hydrolysis) is 1. The number of nitrogens with zero attached hydrogens (tertiary/aromatic N) is 1. The molecule has 116 valence electrons. The number of hydrogen-bond donors (Lipinski definition) is 2. The molecule has 0 spiro atoms. The molecule has 0 bridgehead atoms. The standard InChI is InChI=1S/C15H22N2O4/c1-15(2,3)21-14(20)16-12(13(18)19)10-17(4)11-8-6-5-7-9-11/h5-9,12H,10H2,1-4H3,(H,16,20)(H,18,19). The largest absolute Gasteiger partial charge is 0.480 e. The number of anilines is 1. The van der Waals surface area contributed by atoms with Crippen LogP contribution in [0.4, 0.5) is 10.5 Å². The van der Waals surface area contributed by atoms with E-state index in [9.17, 15) is 14.7 Å². The van der Waals surface area contributed by atoms with Gasteiger partial charge in [0.15, 0.2) is 0 Å².